The quantitative estimate of drug-likeness (QED) is 0.754. The predicted octanol–water partition coefficient (Wildman–Crippen LogP) is 3.44. The maximum atomic E-state index is 13.2. The Morgan fingerprint density at radius 2 is 2.04 bits per heavy atom. The molecule has 3 aromatic rings. The molecule has 0 bridgehead atoms. The fourth-order valence-electron chi connectivity index (χ4n) is 2.79. The van der Waals surface area contributed by atoms with Crippen LogP contribution in [0.3, 0.4) is 0 Å². The van der Waals surface area contributed by atoms with E-state index in [2.05, 4.69) is 17.3 Å². The van der Waals surface area contributed by atoms with Gasteiger partial charge in [0.05, 0.1) is 24.2 Å². The lowest BCUT2D eigenvalue weighted by molar-refractivity contribution is -0.120. The van der Waals surface area contributed by atoms with Crippen molar-refractivity contribution in [2.24, 2.45) is 0 Å². The highest BCUT2D eigenvalue weighted by molar-refractivity contribution is 5.83. The van der Waals surface area contributed by atoms with Crippen molar-refractivity contribution in [3.63, 3.8) is 0 Å². The molecule has 0 aliphatic rings. The molecule has 24 heavy (non-hydrogen) atoms. The Morgan fingerprint density at radius 1 is 1.21 bits per heavy atom. The number of carbonyl (C=O) groups excluding carboxylic acids is 1. The van der Waals surface area contributed by atoms with E-state index in [1.54, 1.807) is 12.1 Å². The van der Waals surface area contributed by atoms with Crippen LogP contribution in [0, 0.1) is 5.82 Å². The minimum atomic E-state index is -0.329. The third-order valence-corrected chi connectivity index (χ3v) is 3.88. The molecule has 5 heteroatoms. The van der Waals surface area contributed by atoms with E-state index in [4.69, 9.17) is 0 Å². The summed E-state index contributed by atoms with van der Waals surface area (Å²) in [7, 11) is 0. The van der Waals surface area contributed by atoms with Crippen LogP contribution >= 0.6 is 0 Å². The van der Waals surface area contributed by atoms with E-state index in [0.717, 1.165) is 29.6 Å². The standard InChI is InChI=1S/C19H20FN3O/c1-2-10-23-18-9-4-3-8-16(18)17(22-23)13-21-19(24)12-14-6-5-7-15(20)11-14/h3-9,11H,2,10,12-13H2,1H3,(H,21,24). The molecule has 0 spiro atoms. The zero-order valence-corrected chi connectivity index (χ0v) is 13.6. The molecule has 2 aromatic carbocycles. The van der Waals surface area contributed by atoms with Crippen molar-refractivity contribution in [1.29, 1.82) is 0 Å². The molecule has 4 nitrogen and oxygen atoms in total. The fourth-order valence-corrected chi connectivity index (χ4v) is 2.79. The monoisotopic (exact) mass is 325 g/mol. The van der Waals surface area contributed by atoms with Crippen LogP contribution < -0.4 is 5.32 Å². The molecule has 0 radical (unpaired) electrons. The maximum absolute atomic E-state index is 13.2. The number of halogens is 1. The van der Waals surface area contributed by atoms with Gasteiger partial charge in [-0.3, -0.25) is 9.48 Å². The summed E-state index contributed by atoms with van der Waals surface area (Å²) < 4.78 is 15.1. The van der Waals surface area contributed by atoms with Crippen LogP contribution in [0.4, 0.5) is 4.39 Å². The van der Waals surface area contributed by atoms with Gasteiger partial charge in [0.15, 0.2) is 0 Å². The number of fused-ring (bicyclic) bond motifs is 1. The number of nitrogens with zero attached hydrogens (tertiary/aromatic N) is 2. The third kappa shape index (κ3) is 3.62. The molecule has 1 aromatic heterocycles. The normalized spacial score (nSPS) is 10.9. The highest BCUT2D eigenvalue weighted by Gasteiger charge is 2.11. The minimum absolute atomic E-state index is 0.144. The molecule has 0 atom stereocenters. The second kappa shape index (κ2) is 7.25. The fraction of sp³-hybridized carbons (Fsp3) is 0.263. The molecule has 1 N–H and O–H groups in total. The molecule has 0 fully saturated rings. The largest absolute Gasteiger partial charge is 0.350 e. The Balaban J connectivity index is 1.70. The predicted molar refractivity (Wildman–Crippen MR) is 92.0 cm³/mol. The number of benzene rings is 2. The number of amides is 1. The number of carbonyl (C=O) groups is 1. The molecular weight excluding hydrogens is 305 g/mol. The number of hydrogen-bond acceptors (Lipinski definition) is 2. The van der Waals surface area contributed by atoms with E-state index in [0.29, 0.717) is 12.1 Å². The van der Waals surface area contributed by atoms with Gasteiger partial charge in [-0.25, -0.2) is 4.39 Å². The average Bonchev–Trinajstić information content (AvgIpc) is 2.92. The van der Waals surface area contributed by atoms with Gasteiger partial charge in [-0.05, 0) is 30.2 Å². The Morgan fingerprint density at radius 3 is 2.83 bits per heavy atom. The summed E-state index contributed by atoms with van der Waals surface area (Å²) in [5, 5.41) is 8.54. The summed E-state index contributed by atoms with van der Waals surface area (Å²) >= 11 is 0. The van der Waals surface area contributed by atoms with Crippen LogP contribution in [0.15, 0.2) is 48.5 Å². The van der Waals surface area contributed by atoms with Gasteiger partial charge in [0, 0.05) is 11.9 Å². The van der Waals surface area contributed by atoms with Gasteiger partial charge in [-0.15, -0.1) is 0 Å². The van der Waals surface area contributed by atoms with Crippen molar-refractivity contribution >= 4 is 16.8 Å². The number of aromatic nitrogens is 2. The van der Waals surface area contributed by atoms with Crippen LogP contribution in [-0.4, -0.2) is 15.7 Å². The van der Waals surface area contributed by atoms with Crippen LogP contribution in [0.5, 0.6) is 0 Å². The lowest BCUT2D eigenvalue weighted by Gasteiger charge is -2.04. The number of hydrogen-bond donors (Lipinski definition) is 1. The van der Waals surface area contributed by atoms with E-state index in [9.17, 15) is 9.18 Å². The Kier molecular flexibility index (Phi) is 4.89. The van der Waals surface area contributed by atoms with Crippen molar-refractivity contribution in [1.82, 2.24) is 15.1 Å². The maximum Gasteiger partial charge on any atom is 0.224 e. The van der Waals surface area contributed by atoms with Gasteiger partial charge in [-0.2, -0.15) is 5.10 Å². The molecule has 0 saturated carbocycles. The second-order valence-electron chi connectivity index (χ2n) is 5.77. The first-order chi connectivity index (χ1) is 11.7. The highest BCUT2D eigenvalue weighted by atomic mass is 19.1. The van der Waals surface area contributed by atoms with Gasteiger partial charge in [0.25, 0.3) is 0 Å². The lowest BCUT2D eigenvalue weighted by Crippen LogP contribution is -2.25. The first-order valence-corrected chi connectivity index (χ1v) is 8.13. The summed E-state index contributed by atoms with van der Waals surface area (Å²) in [6, 6.07) is 14.1. The number of para-hydroxylation sites is 1. The van der Waals surface area contributed by atoms with E-state index >= 15 is 0 Å². The average molecular weight is 325 g/mol. The summed E-state index contributed by atoms with van der Waals surface area (Å²) in [4.78, 5) is 12.1. The van der Waals surface area contributed by atoms with Crippen LogP contribution in [-0.2, 0) is 24.3 Å². The zero-order valence-electron chi connectivity index (χ0n) is 13.6. The smallest absolute Gasteiger partial charge is 0.224 e. The SMILES string of the molecule is CCCn1nc(CNC(=O)Cc2cccc(F)c2)c2ccccc21. The summed E-state index contributed by atoms with van der Waals surface area (Å²) in [5.74, 6) is -0.473. The van der Waals surface area contributed by atoms with E-state index < -0.39 is 0 Å². The number of aryl methyl sites for hydroxylation is 1. The van der Waals surface area contributed by atoms with Crippen molar-refractivity contribution in [2.45, 2.75) is 32.9 Å². The van der Waals surface area contributed by atoms with E-state index in [-0.39, 0.29) is 18.1 Å². The van der Waals surface area contributed by atoms with Gasteiger partial charge in [0.1, 0.15) is 5.82 Å². The summed E-state index contributed by atoms with van der Waals surface area (Å²) in [5.41, 5.74) is 2.59. The van der Waals surface area contributed by atoms with Gasteiger partial charge in [-0.1, -0.05) is 37.3 Å². The van der Waals surface area contributed by atoms with E-state index in [1.165, 1.54) is 12.1 Å². The first-order valence-electron chi connectivity index (χ1n) is 8.13. The Hall–Kier alpha value is -2.69. The summed E-state index contributed by atoms with van der Waals surface area (Å²) in [6.45, 7) is 3.32. The highest BCUT2D eigenvalue weighted by Crippen LogP contribution is 2.18. The Bertz CT molecular complexity index is 857. The number of rotatable bonds is 6. The molecule has 1 amide bonds. The van der Waals surface area contributed by atoms with Crippen molar-refractivity contribution < 1.29 is 9.18 Å². The second-order valence-corrected chi connectivity index (χ2v) is 5.77. The number of nitrogens with one attached hydrogen (secondary N) is 1. The molecule has 124 valence electrons. The van der Waals surface area contributed by atoms with Crippen LogP contribution in [0.2, 0.25) is 0 Å². The van der Waals surface area contributed by atoms with Crippen LogP contribution in [0.1, 0.15) is 24.6 Å². The van der Waals surface area contributed by atoms with Gasteiger partial charge < -0.3 is 5.32 Å². The molecule has 1 heterocycles. The van der Waals surface area contributed by atoms with Crippen LogP contribution in [0.25, 0.3) is 10.9 Å². The van der Waals surface area contributed by atoms with Gasteiger partial charge in [0.2, 0.25) is 5.91 Å². The lowest BCUT2D eigenvalue weighted by atomic mass is 10.1. The molecule has 0 unspecified atom stereocenters. The molecular formula is C19H20FN3O. The van der Waals surface area contributed by atoms with Gasteiger partial charge >= 0.3 is 0 Å². The van der Waals surface area contributed by atoms with Crippen molar-refractivity contribution in [3.05, 3.63) is 65.6 Å². The molecule has 0 aliphatic heterocycles. The summed E-state index contributed by atoms with van der Waals surface area (Å²) in [6.07, 6.45) is 1.16. The third-order valence-electron chi connectivity index (χ3n) is 3.88. The molecule has 0 aliphatic carbocycles. The molecule has 3 rings (SSSR count). The minimum Gasteiger partial charge on any atom is -0.350 e. The van der Waals surface area contributed by atoms with Crippen molar-refractivity contribution in [3.8, 4) is 0 Å². The molecule has 0 saturated heterocycles. The van der Waals surface area contributed by atoms with Crippen molar-refractivity contribution in [2.75, 3.05) is 0 Å². The Labute approximate surface area is 140 Å². The topological polar surface area (TPSA) is 46.9 Å². The van der Waals surface area contributed by atoms with E-state index in [1.807, 2.05) is 28.9 Å². The zero-order chi connectivity index (χ0) is 16.9. The first kappa shape index (κ1) is 16.2.